The van der Waals surface area contributed by atoms with Gasteiger partial charge in [-0.3, -0.25) is 4.90 Å². The molecule has 1 fully saturated rings. The topological polar surface area (TPSA) is 30.3 Å². The van der Waals surface area contributed by atoms with Crippen LogP contribution in [0.15, 0.2) is 0 Å². The van der Waals surface area contributed by atoms with Crippen LogP contribution in [0.3, 0.4) is 0 Å². The lowest BCUT2D eigenvalue weighted by Gasteiger charge is -2.36. The molecule has 1 aromatic heterocycles. The molecule has 4 heteroatoms. The van der Waals surface area contributed by atoms with Gasteiger partial charge in [0, 0.05) is 51.5 Å². The van der Waals surface area contributed by atoms with Gasteiger partial charge < -0.3 is 9.30 Å². The van der Waals surface area contributed by atoms with Crippen molar-refractivity contribution in [3.63, 3.8) is 0 Å². The molecule has 1 saturated heterocycles. The molecule has 0 N–H and O–H groups in total. The van der Waals surface area contributed by atoms with Crippen LogP contribution >= 0.6 is 0 Å². The lowest BCUT2D eigenvalue weighted by molar-refractivity contribution is 0.0283. The van der Waals surface area contributed by atoms with E-state index in [4.69, 9.17) is 4.74 Å². The lowest BCUT2D eigenvalue weighted by Crippen LogP contribution is -2.42. The highest BCUT2D eigenvalue weighted by molar-refractivity contribution is 5.19. The number of nitrogens with zero attached hydrogens (tertiary/aromatic N) is 3. The van der Waals surface area contributed by atoms with Gasteiger partial charge in [0.1, 0.15) is 5.82 Å². The van der Waals surface area contributed by atoms with Gasteiger partial charge in [-0.2, -0.15) is 0 Å². The first-order valence-corrected chi connectivity index (χ1v) is 6.58. The minimum Gasteiger partial charge on any atom is -0.381 e. The standard InChI is InChI=1S/C13H21N3O/c1-10-14-12-9-16(6-3-13(12)15(10)2)11-4-7-17-8-5-11/h11H,3-9H2,1-2H3. The van der Waals surface area contributed by atoms with Crippen LogP contribution < -0.4 is 0 Å². The van der Waals surface area contributed by atoms with Gasteiger partial charge in [-0.15, -0.1) is 0 Å². The summed E-state index contributed by atoms with van der Waals surface area (Å²) in [5.74, 6) is 1.14. The van der Waals surface area contributed by atoms with Gasteiger partial charge >= 0.3 is 0 Å². The maximum atomic E-state index is 5.44. The van der Waals surface area contributed by atoms with Gasteiger partial charge in [-0.25, -0.2) is 4.98 Å². The van der Waals surface area contributed by atoms with Gasteiger partial charge in [0.05, 0.1) is 5.69 Å². The van der Waals surface area contributed by atoms with Crippen molar-refractivity contribution in [2.75, 3.05) is 19.8 Å². The zero-order valence-electron chi connectivity index (χ0n) is 10.8. The minimum absolute atomic E-state index is 0.708. The Balaban J connectivity index is 1.75. The van der Waals surface area contributed by atoms with E-state index in [0.717, 1.165) is 32.0 Å². The van der Waals surface area contributed by atoms with Gasteiger partial charge in [0.15, 0.2) is 0 Å². The van der Waals surface area contributed by atoms with E-state index < -0.39 is 0 Å². The van der Waals surface area contributed by atoms with Crippen molar-refractivity contribution in [2.24, 2.45) is 7.05 Å². The third-order valence-electron chi connectivity index (χ3n) is 4.22. The molecule has 0 spiro atoms. The molecule has 1 aromatic rings. The number of aromatic nitrogens is 2. The van der Waals surface area contributed by atoms with Gasteiger partial charge in [0.2, 0.25) is 0 Å². The Labute approximate surface area is 103 Å². The summed E-state index contributed by atoms with van der Waals surface area (Å²) >= 11 is 0. The first kappa shape index (κ1) is 11.2. The number of imidazole rings is 1. The predicted octanol–water partition coefficient (Wildman–Crippen LogP) is 1.27. The van der Waals surface area contributed by atoms with Crippen molar-refractivity contribution >= 4 is 0 Å². The highest BCUT2D eigenvalue weighted by Gasteiger charge is 2.27. The zero-order valence-corrected chi connectivity index (χ0v) is 10.8. The van der Waals surface area contributed by atoms with Crippen LogP contribution in [0.5, 0.6) is 0 Å². The van der Waals surface area contributed by atoms with Crippen molar-refractivity contribution in [3.05, 3.63) is 17.2 Å². The molecule has 2 aliphatic rings. The fraction of sp³-hybridized carbons (Fsp3) is 0.769. The second-order valence-electron chi connectivity index (χ2n) is 5.18. The highest BCUT2D eigenvalue weighted by atomic mass is 16.5. The quantitative estimate of drug-likeness (QED) is 0.734. The fourth-order valence-corrected chi connectivity index (χ4v) is 3.05. The zero-order chi connectivity index (χ0) is 11.8. The van der Waals surface area contributed by atoms with Crippen LogP contribution in [0.1, 0.15) is 30.1 Å². The molecule has 0 amide bonds. The van der Waals surface area contributed by atoms with E-state index in [-0.39, 0.29) is 0 Å². The number of aryl methyl sites for hydroxylation is 1. The molecule has 3 rings (SSSR count). The molecule has 17 heavy (non-hydrogen) atoms. The maximum Gasteiger partial charge on any atom is 0.105 e. The van der Waals surface area contributed by atoms with Gasteiger partial charge in [-0.1, -0.05) is 0 Å². The maximum absolute atomic E-state index is 5.44. The Morgan fingerprint density at radius 1 is 1.29 bits per heavy atom. The summed E-state index contributed by atoms with van der Waals surface area (Å²) in [5, 5.41) is 0. The van der Waals surface area contributed by atoms with Gasteiger partial charge in [-0.05, 0) is 19.8 Å². The van der Waals surface area contributed by atoms with Crippen LogP contribution in [-0.2, 0) is 24.8 Å². The summed E-state index contributed by atoms with van der Waals surface area (Å²) in [4.78, 5) is 7.28. The number of hydrogen-bond donors (Lipinski definition) is 0. The van der Waals surface area contributed by atoms with Gasteiger partial charge in [0.25, 0.3) is 0 Å². The summed E-state index contributed by atoms with van der Waals surface area (Å²) in [5.41, 5.74) is 2.73. The number of rotatable bonds is 1. The molecule has 0 atom stereocenters. The molecule has 0 unspecified atom stereocenters. The molecule has 0 aromatic carbocycles. The molecular formula is C13H21N3O. The first-order chi connectivity index (χ1) is 8.25. The molecule has 2 aliphatic heterocycles. The second kappa shape index (κ2) is 4.42. The molecule has 0 bridgehead atoms. The van der Waals surface area contributed by atoms with Crippen LogP contribution in [0, 0.1) is 6.92 Å². The van der Waals surface area contributed by atoms with E-state index in [9.17, 15) is 0 Å². The molecule has 0 saturated carbocycles. The van der Waals surface area contributed by atoms with Crippen molar-refractivity contribution in [1.82, 2.24) is 14.5 Å². The van der Waals surface area contributed by atoms with E-state index in [1.54, 1.807) is 0 Å². The molecule has 0 radical (unpaired) electrons. The van der Waals surface area contributed by atoms with Crippen molar-refractivity contribution < 1.29 is 4.74 Å². The molecule has 3 heterocycles. The normalized spacial score (nSPS) is 22.7. The van der Waals surface area contributed by atoms with Crippen LogP contribution in [0.2, 0.25) is 0 Å². The van der Waals surface area contributed by atoms with Crippen LogP contribution in [-0.4, -0.2) is 40.3 Å². The number of fused-ring (bicyclic) bond motifs is 1. The average Bonchev–Trinajstić information content (AvgIpc) is 2.66. The average molecular weight is 235 g/mol. The fourth-order valence-electron chi connectivity index (χ4n) is 3.05. The smallest absolute Gasteiger partial charge is 0.105 e. The van der Waals surface area contributed by atoms with Crippen molar-refractivity contribution in [3.8, 4) is 0 Å². The third-order valence-corrected chi connectivity index (χ3v) is 4.22. The Kier molecular flexibility index (Phi) is 2.92. The monoisotopic (exact) mass is 235 g/mol. The van der Waals surface area contributed by atoms with E-state index in [0.29, 0.717) is 6.04 Å². The Morgan fingerprint density at radius 2 is 2.06 bits per heavy atom. The summed E-state index contributed by atoms with van der Waals surface area (Å²) in [6, 6.07) is 0.708. The molecule has 0 aliphatic carbocycles. The molecule has 94 valence electrons. The van der Waals surface area contributed by atoms with E-state index in [1.807, 2.05) is 0 Å². The second-order valence-corrected chi connectivity index (χ2v) is 5.18. The summed E-state index contributed by atoms with van der Waals surface area (Å²) in [6.07, 6.45) is 3.51. The van der Waals surface area contributed by atoms with Crippen molar-refractivity contribution in [2.45, 2.75) is 38.8 Å². The van der Waals surface area contributed by atoms with Crippen molar-refractivity contribution in [1.29, 1.82) is 0 Å². The van der Waals surface area contributed by atoms with Crippen LogP contribution in [0.4, 0.5) is 0 Å². The molecule has 4 nitrogen and oxygen atoms in total. The Bertz CT molecular complexity index is 407. The number of hydrogen-bond acceptors (Lipinski definition) is 3. The van der Waals surface area contributed by atoms with Crippen LogP contribution in [0.25, 0.3) is 0 Å². The van der Waals surface area contributed by atoms with E-state index >= 15 is 0 Å². The highest BCUT2D eigenvalue weighted by Crippen LogP contribution is 2.24. The molecular weight excluding hydrogens is 214 g/mol. The van der Waals surface area contributed by atoms with E-state index in [1.165, 1.54) is 30.8 Å². The SMILES string of the molecule is Cc1nc2c(n1C)CCN(C1CCOCC1)C2. The Hall–Kier alpha value is -0.870. The largest absolute Gasteiger partial charge is 0.381 e. The summed E-state index contributed by atoms with van der Waals surface area (Å²) < 4.78 is 7.68. The third kappa shape index (κ3) is 2.00. The van der Waals surface area contributed by atoms with E-state index in [2.05, 4.69) is 28.4 Å². The lowest BCUT2D eigenvalue weighted by atomic mass is 10.0. The Morgan fingerprint density at radius 3 is 2.82 bits per heavy atom. The predicted molar refractivity (Wildman–Crippen MR) is 65.9 cm³/mol. The summed E-state index contributed by atoms with van der Waals surface area (Å²) in [6.45, 7) is 6.15. The summed E-state index contributed by atoms with van der Waals surface area (Å²) in [7, 11) is 2.13. The number of ether oxygens (including phenoxy) is 1. The first-order valence-electron chi connectivity index (χ1n) is 6.58. The minimum atomic E-state index is 0.708.